The number of rotatable bonds is 11. The molecule has 1 heterocycles. The monoisotopic (exact) mass is 279 g/mol. The molecule has 3 nitrogen and oxygen atoms in total. The maximum absolute atomic E-state index is 5.94. The van der Waals surface area contributed by atoms with Crippen molar-refractivity contribution in [2.75, 3.05) is 0 Å². The molecule has 0 fully saturated rings. The van der Waals surface area contributed by atoms with Crippen molar-refractivity contribution in [2.24, 2.45) is 5.73 Å². The summed E-state index contributed by atoms with van der Waals surface area (Å²) in [7, 11) is 0. The summed E-state index contributed by atoms with van der Waals surface area (Å²) in [6.45, 7) is 4.23. The number of hydrogen-bond donors (Lipinski definition) is 2. The second-order valence-electron chi connectivity index (χ2n) is 5.76. The highest BCUT2D eigenvalue weighted by Crippen LogP contribution is 2.15. The smallest absolute Gasteiger partial charge is 0.0995 e. The van der Waals surface area contributed by atoms with Crippen LogP contribution in [0.25, 0.3) is 0 Å². The van der Waals surface area contributed by atoms with E-state index in [1.807, 2.05) is 13.1 Å². The van der Waals surface area contributed by atoms with Crippen LogP contribution in [0.3, 0.4) is 0 Å². The zero-order valence-electron chi connectivity index (χ0n) is 13.4. The minimum absolute atomic E-state index is 0.0995. The van der Waals surface area contributed by atoms with Crippen molar-refractivity contribution in [3.8, 4) is 0 Å². The van der Waals surface area contributed by atoms with Gasteiger partial charge in [-0.25, -0.2) is 0 Å². The van der Waals surface area contributed by atoms with E-state index in [0.717, 1.165) is 0 Å². The van der Waals surface area contributed by atoms with Crippen molar-refractivity contribution in [3.63, 3.8) is 0 Å². The van der Waals surface area contributed by atoms with Crippen molar-refractivity contribution in [3.05, 3.63) is 24.6 Å². The molecule has 0 amide bonds. The normalized spacial score (nSPS) is 19.8. The van der Waals surface area contributed by atoms with Crippen LogP contribution in [0, 0.1) is 0 Å². The predicted molar refractivity (Wildman–Crippen MR) is 87.9 cm³/mol. The van der Waals surface area contributed by atoms with E-state index in [1.54, 1.807) is 0 Å². The van der Waals surface area contributed by atoms with E-state index in [2.05, 4.69) is 35.5 Å². The predicted octanol–water partition coefficient (Wildman–Crippen LogP) is 4.08. The molecule has 116 valence electrons. The van der Waals surface area contributed by atoms with E-state index in [9.17, 15) is 0 Å². The van der Waals surface area contributed by atoms with Crippen molar-refractivity contribution in [1.82, 2.24) is 10.2 Å². The standard InChI is InChI=1S/C17H33N3/c1-3-4-5-6-7-8-9-10-11-12-13-17-19-14-15-20(17)16(2)18/h4-5,14-17,19H,3,6-13,18H2,1-2H3/b5-4+. The van der Waals surface area contributed by atoms with Crippen LogP contribution in [-0.4, -0.2) is 17.2 Å². The molecule has 1 aliphatic heterocycles. The summed E-state index contributed by atoms with van der Waals surface area (Å²) in [6, 6.07) is 0. The third-order valence-electron chi connectivity index (χ3n) is 3.87. The molecule has 0 aromatic carbocycles. The van der Waals surface area contributed by atoms with Gasteiger partial charge >= 0.3 is 0 Å². The summed E-state index contributed by atoms with van der Waals surface area (Å²) in [5.41, 5.74) is 5.94. The van der Waals surface area contributed by atoms with Gasteiger partial charge in [-0.1, -0.05) is 44.8 Å². The van der Waals surface area contributed by atoms with Crippen LogP contribution in [0.4, 0.5) is 0 Å². The molecular formula is C17H33N3. The molecular weight excluding hydrogens is 246 g/mol. The number of unbranched alkanes of at least 4 members (excludes halogenated alkanes) is 6. The van der Waals surface area contributed by atoms with Crippen LogP contribution in [0.15, 0.2) is 24.6 Å². The Labute approximate surface area is 125 Å². The lowest BCUT2D eigenvalue weighted by atomic mass is 10.1. The van der Waals surface area contributed by atoms with E-state index in [1.165, 1.54) is 57.8 Å². The molecule has 0 spiro atoms. The molecule has 1 aliphatic rings. The summed E-state index contributed by atoms with van der Waals surface area (Å²) < 4.78 is 0. The summed E-state index contributed by atoms with van der Waals surface area (Å²) >= 11 is 0. The van der Waals surface area contributed by atoms with Gasteiger partial charge in [0.05, 0.1) is 12.3 Å². The Hall–Kier alpha value is -0.960. The van der Waals surface area contributed by atoms with E-state index in [4.69, 9.17) is 5.73 Å². The van der Waals surface area contributed by atoms with Gasteiger partial charge in [-0.3, -0.25) is 0 Å². The molecule has 0 radical (unpaired) electrons. The topological polar surface area (TPSA) is 41.3 Å². The minimum Gasteiger partial charge on any atom is -0.370 e. The van der Waals surface area contributed by atoms with Crippen molar-refractivity contribution < 1.29 is 0 Å². The second kappa shape index (κ2) is 10.8. The molecule has 0 aromatic rings. The molecule has 3 heteroatoms. The number of nitrogens with one attached hydrogen (secondary N) is 1. The summed E-state index contributed by atoms with van der Waals surface area (Å²) in [5, 5.41) is 3.38. The Morgan fingerprint density at radius 3 is 2.55 bits per heavy atom. The SMILES string of the molecule is CC/C=C/CCCCCCCCC1NC=CN1C(C)N. The van der Waals surface area contributed by atoms with E-state index in [0.29, 0.717) is 6.17 Å². The molecule has 1 rings (SSSR count). The fraction of sp³-hybridized carbons (Fsp3) is 0.765. The van der Waals surface area contributed by atoms with Crippen LogP contribution in [-0.2, 0) is 0 Å². The van der Waals surface area contributed by atoms with Crippen molar-refractivity contribution >= 4 is 0 Å². The molecule has 20 heavy (non-hydrogen) atoms. The second-order valence-corrected chi connectivity index (χ2v) is 5.76. The van der Waals surface area contributed by atoms with Gasteiger partial charge in [0.2, 0.25) is 0 Å². The Balaban J connectivity index is 1.91. The zero-order valence-corrected chi connectivity index (χ0v) is 13.4. The number of nitrogens with two attached hydrogens (primary N) is 1. The van der Waals surface area contributed by atoms with Gasteiger partial charge < -0.3 is 16.0 Å². The average Bonchev–Trinajstić information content (AvgIpc) is 2.89. The largest absolute Gasteiger partial charge is 0.370 e. The highest BCUT2D eigenvalue weighted by atomic mass is 15.3. The van der Waals surface area contributed by atoms with Gasteiger partial charge in [-0.05, 0) is 39.0 Å². The van der Waals surface area contributed by atoms with Gasteiger partial charge in [-0.15, -0.1) is 0 Å². The van der Waals surface area contributed by atoms with Gasteiger partial charge in [0.1, 0.15) is 0 Å². The van der Waals surface area contributed by atoms with Crippen LogP contribution >= 0.6 is 0 Å². The fourth-order valence-electron chi connectivity index (χ4n) is 2.67. The average molecular weight is 279 g/mol. The van der Waals surface area contributed by atoms with Crippen LogP contribution in [0.5, 0.6) is 0 Å². The number of nitrogens with zero attached hydrogens (tertiary/aromatic N) is 1. The van der Waals surface area contributed by atoms with Gasteiger partial charge in [0, 0.05) is 12.4 Å². The number of hydrogen-bond acceptors (Lipinski definition) is 3. The quantitative estimate of drug-likeness (QED) is 0.442. The van der Waals surface area contributed by atoms with E-state index in [-0.39, 0.29) is 6.17 Å². The lowest BCUT2D eigenvalue weighted by molar-refractivity contribution is 0.208. The van der Waals surface area contributed by atoms with E-state index >= 15 is 0 Å². The first kappa shape index (κ1) is 17.1. The number of allylic oxidation sites excluding steroid dienone is 2. The fourth-order valence-corrected chi connectivity index (χ4v) is 2.67. The van der Waals surface area contributed by atoms with Gasteiger partial charge in [-0.2, -0.15) is 0 Å². The lowest BCUT2D eigenvalue weighted by Crippen LogP contribution is -2.44. The van der Waals surface area contributed by atoms with E-state index < -0.39 is 0 Å². The Morgan fingerprint density at radius 2 is 1.85 bits per heavy atom. The first-order valence-electron chi connectivity index (χ1n) is 8.36. The van der Waals surface area contributed by atoms with Crippen LogP contribution < -0.4 is 11.1 Å². The zero-order chi connectivity index (χ0) is 14.6. The first-order chi connectivity index (χ1) is 9.75. The Morgan fingerprint density at radius 1 is 1.15 bits per heavy atom. The van der Waals surface area contributed by atoms with Crippen LogP contribution in [0.2, 0.25) is 0 Å². The molecule has 0 saturated carbocycles. The maximum Gasteiger partial charge on any atom is 0.0995 e. The third-order valence-corrected chi connectivity index (χ3v) is 3.87. The first-order valence-corrected chi connectivity index (χ1v) is 8.36. The summed E-state index contributed by atoms with van der Waals surface area (Å²) in [6.07, 6.45) is 20.9. The third kappa shape index (κ3) is 6.99. The molecule has 0 aromatic heterocycles. The molecule has 0 aliphatic carbocycles. The lowest BCUT2D eigenvalue weighted by Gasteiger charge is -2.28. The van der Waals surface area contributed by atoms with Gasteiger partial charge in [0.25, 0.3) is 0 Å². The molecule has 0 saturated heterocycles. The summed E-state index contributed by atoms with van der Waals surface area (Å²) in [5.74, 6) is 0. The van der Waals surface area contributed by atoms with Gasteiger partial charge in [0.15, 0.2) is 0 Å². The Bertz CT molecular complexity index is 284. The van der Waals surface area contributed by atoms with Crippen molar-refractivity contribution in [1.29, 1.82) is 0 Å². The maximum atomic E-state index is 5.94. The van der Waals surface area contributed by atoms with Crippen molar-refractivity contribution in [2.45, 2.75) is 84.0 Å². The molecule has 3 N–H and O–H groups in total. The molecule has 2 atom stereocenters. The highest BCUT2D eigenvalue weighted by Gasteiger charge is 2.20. The van der Waals surface area contributed by atoms with Crippen LogP contribution in [0.1, 0.15) is 71.6 Å². The Kier molecular flexibility index (Phi) is 9.22. The highest BCUT2D eigenvalue weighted by molar-refractivity contribution is 4.95. The molecule has 0 bridgehead atoms. The summed E-state index contributed by atoms with van der Waals surface area (Å²) in [4.78, 5) is 2.21. The minimum atomic E-state index is 0.0995. The molecule has 2 unspecified atom stereocenters.